The predicted octanol–water partition coefficient (Wildman–Crippen LogP) is 2.78. The Morgan fingerprint density at radius 2 is 1.83 bits per heavy atom. The fourth-order valence-electron chi connectivity index (χ4n) is 3.19. The number of hydrogen-bond acceptors (Lipinski definition) is 4. The summed E-state index contributed by atoms with van der Waals surface area (Å²) in [5.41, 5.74) is 1.48. The van der Waals surface area contributed by atoms with E-state index < -0.39 is 9.84 Å². The van der Waals surface area contributed by atoms with Crippen molar-refractivity contribution in [2.45, 2.75) is 30.9 Å². The Labute approximate surface area is 136 Å². The third kappa shape index (κ3) is 3.52. The molecule has 0 bridgehead atoms. The summed E-state index contributed by atoms with van der Waals surface area (Å²) in [6.45, 7) is 0. The number of benzene rings is 1. The molecule has 1 heterocycles. The molecule has 0 aliphatic heterocycles. The SMILES string of the molecule is CS(=O)(=O)C1CCC(C(=O)Nc2cccc3cccnc23)CC1. The average Bonchev–Trinajstić information content (AvgIpc) is 2.54. The van der Waals surface area contributed by atoms with Gasteiger partial charge in [0.05, 0.1) is 16.5 Å². The van der Waals surface area contributed by atoms with Crippen molar-refractivity contribution in [1.82, 2.24) is 4.98 Å². The Morgan fingerprint density at radius 3 is 2.52 bits per heavy atom. The molecule has 0 saturated heterocycles. The lowest BCUT2D eigenvalue weighted by atomic mass is 9.88. The van der Waals surface area contributed by atoms with E-state index in [1.54, 1.807) is 6.20 Å². The Morgan fingerprint density at radius 1 is 1.13 bits per heavy atom. The molecule has 6 heteroatoms. The number of pyridine rings is 1. The molecule has 1 aliphatic rings. The number of aromatic nitrogens is 1. The number of carbonyl (C=O) groups is 1. The van der Waals surface area contributed by atoms with Gasteiger partial charge in [0.1, 0.15) is 9.84 Å². The first-order chi connectivity index (χ1) is 10.9. The maximum Gasteiger partial charge on any atom is 0.227 e. The summed E-state index contributed by atoms with van der Waals surface area (Å²) in [5.74, 6) is -0.179. The van der Waals surface area contributed by atoms with Crippen molar-refractivity contribution in [3.05, 3.63) is 36.5 Å². The molecule has 0 atom stereocenters. The van der Waals surface area contributed by atoms with E-state index in [9.17, 15) is 13.2 Å². The zero-order valence-corrected chi connectivity index (χ0v) is 13.8. The van der Waals surface area contributed by atoms with E-state index in [0.717, 1.165) is 10.9 Å². The maximum atomic E-state index is 12.5. The van der Waals surface area contributed by atoms with Crippen LogP contribution in [-0.2, 0) is 14.6 Å². The van der Waals surface area contributed by atoms with E-state index in [4.69, 9.17) is 0 Å². The van der Waals surface area contributed by atoms with Gasteiger partial charge in [-0.05, 0) is 37.8 Å². The van der Waals surface area contributed by atoms with Gasteiger partial charge in [0.25, 0.3) is 0 Å². The molecule has 0 radical (unpaired) electrons. The van der Waals surface area contributed by atoms with Gasteiger partial charge >= 0.3 is 0 Å². The highest BCUT2D eigenvalue weighted by molar-refractivity contribution is 7.91. The third-order valence-corrected chi connectivity index (χ3v) is 6.22. The zero-order chi connectivity index (χ0) is 16.4. The van der Waals surface area contributed by atoms with Crippen LogP contribution < -0.4 is 5.32 Å². The number of nitrogens with zero attached hydrogens (tertiary/aromatic N) is 1. The molecule has 122 valence electrons. The molecule has 1 amide bonds. The minimum absolute atomic E-state index is 0.0462. The van der Waals surface area contributed by atoms with Gasteiger partial charge in [-0.3, -0.25) is 9.78 Å². The standard InChI is InChI=1S/C17H20N2O3S/c1-23(21,22)14-9-7-13(8-10-14)17(20)19-15-6-2-4-12-5-3-11-18-16(12)15/h2-6,11,13-14H,7-10H2,1H3,(H,19,20). The average molecular weight is 332 g/mol. The first-order valence-electron chi connectivity index (χ1n) is 7.78. The van der Waals surface area contributed by atoms with Gasteiger partial charge in [-0.1, -0.05) is 18.2 Å². The van der Waals surface area contributed by atoms with E-state index in [1.165, 1.54) is 6.26 Å². The lowest BCUT2D eigenvalue weighted by Gasteiger charge is -2.26. The van der Waals surface area contributed by atoms with Crippen molar-refractivity contribution < 1.29 is 13.2 Å². The molecular formula is C17H20N2O3S. The molecule has 1 N–H and O–H groups in total. The molecular weight excluding hydrogens is 312 g/mol. The number of sulfone groups is 1. The van der Waals surface area contributed by atoms with Gasteiger partial charge in [-0.25, -0.2) is 8.42 Å². The zero-order valence-electron chi connectivity index (χ0n) is 13.0. The first-order valence-corrected chi connectivity index (χ1v) is 9.74. The molecule has 2 aromatic rings. The molecule has 1 fully saturated rings. The van der Waals surface area contributed by atoms with Crippen LogP contribution in [0.15, 0.2) is 36.5 Å². The number of hydrogen-bond donors (Lipinski definition) is 1. The quantitative estimate of drug-likeness (QED) is 0.937. The van der Waals surface area contributed by atoms with Crippen LogP contribution in [0, 0.1) is 5.92 Å². The van der Waals surface area contributed by atoms with Gasteiger partial charge in [0.2, 0.25) is 5.91 Å². The van der Waals surface area contributed by atoms with Crippen molar-refractivity contribution in [3.8, 4) is 0 Å². The highest BCUT2D eigenvalue weighted by atomic mass is 32.2. The molecule has 1 aromatic heterocycles. The fourth-order valence-corrected chi connectivity index (χ4v) is 4.32. The van der Waals surface area contributed by atoms with Crippen LogP contribution >= 0.6 is 0 Å². The Bertz CT molecular complexity index is 819. The molecule has 0 unspecified atom stereocenters. The van der Waals surface area contributed by atoms with Crippen molar-refractivity contribution in [2.24, 2.45) is 5.92 Å². The van der Waals surface area contributed by atoms with Crippen molar-refractivity contribution >= 4 is 32.3 Å². The Balaban J connectivity index is 1.70. The maximum absolute atomic E-state index is 12.5. The second-order valence-electron chi connectivity index (χ2n) is 6.17. The number of amides is 1. The van der Waals surface area contributed by atoms with Crippen LogP contribution in [-0.4, -0.2) is 30.8 Å². The van der Waals surface area contributed by atoms with E-state index in [-0.39, 0.29) is 17.1 Å². The summed E-state index contributed by atoms with van der Waals surface area (Å²) in [6.07, 6.45) is 5.33. The summed E-state index contributed by atoms with van der Waals surface area (Å²) in [7, 11) is -3.00. The molecule has 0 spiro atoms. The van der Waals surface area contributed by atoms with E-state index in [1.807, 2.05) is 30.3 Å². The third-order valence-electron chi connectivity index (χ3n) is 4.54. The monoisotopic (exact) mass is 332 g/mol. The summed E-state index contributed by atoms with van der Waals surface area (Å²) < 4.78 is 23.2. The largest absolute Gasteiger partial charge is 0.324 e. The van der Waals surface area contributed by atoms with Crippen LogP contribution in [0.4, 0.5) is 5.69 Å². The minimum Gasteiger partial charge on any atom is -0.324 e. The molecule has 1 aromatic carbocycles. The van der Waals surface area contributed by atoms with Gasteiger partial charge in [0, 0.05) is 23.8 Å². The highest BCUT2D eigenvalue weighted by Crippen LogP contribution is 2.30. The molecule has 1 aliphatic carbocycles. The van der Waals surface area contributed by atoms with Crippen LogP contribution in [0.3, 0.4) is 0 Å². The van der Waals surface area contributed by atoms with Gasteiger partial charge in [-0.2, -0.15) is 0 Å². The van der Waals surface area contributed by atoms with Crippen molar-refractivity contribution in [1.29, 1.82) is 0 Å². The van der Waals surface area contributed by atoms with E-state index in [0.29, 0.717) is 31.4 Å². The molecule has 1 saturated carbocycles. The number of anilines is 1. The summed E-state index contributed by atoms with van der Waals surface area (Å²) in [6, 6.07) is 9.50. The number of nitrogens with one attached hydrogen (secondary N) is 1. The molecule has 23 heavy (non-hydrogen) atoms. The Hall–Kier alpha value is -1.95. The lowest BCUT2D eigenvalue weighted by molar-refractivity contribution is -0.120. The topological polar surface area (TPSA) is 76.1 Å². The molecule has 5 nitrogen and oxygen atoms in total. The molecule has 3 rings (SSSR count). The number of fused-ring (bicyclic) bond motifs is 1. The number of carbonyl (C=O) groups excluding carboxylic acids is 1. The number of para-hydroxylation sites is 1. The van der Waals surface area contributed by atoms with Gasteiger partial charge < -0.3 is 5.32 Å². The van der Waals surface area contributed by atoms with Crippen LogP contribution in [0.5, 0.6) is 0 Å². The van der Waals surface area contributed by atoms with Crippen LogP contribution in [0.1, 0.15) is 25.7 Å². The van der Waals surface area contributed by atoms with Crippen LogP contribution in [0.25, 0.3) is 10.9 Å². The van der Waals surface area contributed by atoms with E-state index in [2.05, 4.69) is 10.3 Å². The summed E-state index contributed by atoms with van der Waals surface area (Å²) >= 11 is 0. The van der Waals surface area contributed by atoms with Crippen LogP contribution in [0.2, 0.25) is 0 Å². The predicted molar refractivity (Wildman–Crippen MR) is 91.0 cm³/mol. The van der Waals surface area contributed by atoms with E-state index >= 15 is 0 Å². The summed E-state index contributed by atoms with van der Waals surface area (Å²) in [5, 5.41) is 3.63. The number of rotatable bonds is 3. The van der Waals surface area contributed by atoms with Crippen molar-refractivity contribution in [2.75, 3.05) is 11.6 Å². The van der Waals surface area contributed by atoms with Crippen molar-refractivity contribution in [3.63, 3.8) is 0 Å². The second-order valence-corrected chi connectivity index (χ2v) is 8.50. The van der Waals surface area contributed by atoms with Gasteiger partial charge in [-0.15, -0.1) is 0 Å². The Kier molecular flexibility index (Phi) is 4.35. The normalized spacial score (nSPS) is 22.0. The highest BCUT2D eigenvalue weighted by Gasteiger charge is 2.31. The second kappa shape index (κ2) is 6.28. The first kappa shape index (κ1) is 15.9. The fraction of sp³-hybridized carbons (Fsp3) is 0.412. The lowest BCUT2D eigenvalue weighted by Crippen LogP contribution is -2.32. The smallest absolute Gasteiger partial charge is 0.227 e. The minimum atomic E-state index is -3.00. The summed E-state index contributed by atoms with van der Waals surface area (Å²) in [4.78, 5) is 16.8. The van der Waals surface area contributed by atoms with Gasteiger partial charge in [0.15, 0.2) is 0 Å².